The third-order valence-corrected chi connectivity index (χ3v) is 3.23. The largest absolute Gasteiger partial charge is 0.497 e. The molecule has 3 aromatic rings. The molecule has 8 heteroatoms. The van der Waals surface area contributed by atoms with Crippen molar-refractivity contribution in [2.24, 2.45) is 0 Å². The summed E-state index contributed by atoms with van der Waals surface area (Å²) in [6, 6.07) is 11.7. The molecule has 3 rings (SSSR count). The summed E-state index contributed by atoms with van der Waals surface area (Å²) in [6.45, 7) is 0. The van der Waals surface area contributed by atoms with Gasteiger partial charge in [-0.2, -0.15) is 13.2 Å². The molecular weight excluding hydrogens is 323 g/mol. The highest BCUT2D eigenvalue weighted by molar-refractivity contribution is 5.57. The number of aromatic nitrogens is 2. The number of hydrogen-bond acceptors (Lipinski definition) is 5. The van der Waals surface area contributed by atoms with E-state index in [9.17, 15) is 13.2 Å². The predicted molar refractivity (Wildman–Crippen MR) is 81.0 cm³/mol. The smallest absolute Gasteiger partial charge is 0.416 e. The third kappa shape index (κ3) is 3.48. The summed E-state index contributed by atoms with van der Waals surface area (Å²) in [4.78, 5) is 0. The number of halogens is 3. The number of rotatable bonds is 4. The van der Waals surface area contributed by atoms with E-state index in [4.69, 9.17) is 9.15 Å². The first kappa shape index (κ1) is 15.9. The highest BCUT2D eigenvalue weighted by Gasteiger charge is 2.30. The summed E-state index contributed by atoms with van der Waals surface area (Å²) in [5, 5.41) is 10.5. The number of alkyl halides is 3. The fraction of sp³-hybridized carbons (Fsp3) is 0.125. The van der Waals surface area contributed by atoms with E-state index >= 15 is 0 Å². The number of benzene rings is 2. The lowest BCUT2D eigenvalue weighted by Gasteiger charge is -2.06. The van der Waals surface area contributed by atoms with E-state index in [2.05, 4.69) is 15.5 Å². The van der Waals surface area contributed by atoms with Crippen molar-refractivity contribution in [3.63, 3.8) is 0 Å². The first-order valence-electron chi connectivity index (χ1n) is 6.88. The third-order valence-electron chi connectivity index (χ3n) is 3.23. The van der Waals surface area contributed by atoms with Gasteiger partial charge >= 0.3 is 12.2 Å². The van der Waals surface area contributed by atoms with E-state index in [0.29, 0.717) is 17.0 Å². The Hall–Kier alpha value is -3.03. The van der Waals surface area contributed by atoms with Crippen molar-refractivity contribution in [2.75, 3.05) is 12.4 Å². The Bertz CT molecular complexity index is 812. The number of nitrogens with zero attached hydrogens (tertiary/aromatic N) is 2. The predicted octanol–water partition coefficient (Wildman–Crippen LogP) is 4.51. The summed E-state index contributed by atoms with van der Waals surface area (Å²) in [5.41, 5.74) is 0.374. The Labute approximate surface area is 135 Å². The molecule has 124 valence electrons. The van der Waals surface area contributed by atoms with E-state index in [0.717, 1.165) is 12.1 Å². The van der Waals surface area contributed by atoms with E-state index in [-0.39, 0.29) is 11.9 Å². The number of hydrogen-bond donors (Lipinski definition) is 1. The van der Waals surface area contributed by atoms with Crippen molar-refractivity contribution in [1.29, 1.82) is 0 Å². The Kier molecular flexibility index (Phi) is 4.11. The van der Waals surface area contributed by atoms with Gasteiger partial charge in [0, 0.05) is 11.3 Å². The second-order valence-electron chi connectivity index (χ2n) is 4.84. The van der Waals surface area contributed by atoms with Gasteiger partial charge in [-0.1, -0.05) is 5.10 Å². The monoisotopic (exact) mass is 335 g/mol. The topological polar surface area (TPSA) is 60.2 Å². The number of ether oxygens (including phenoxy) is 1. The molecule has 0 spiro atoms. The van der Waals surface area contributed by atoms with E-state index in [1.165, 1.54) is 12.1 Å². The van der Waals surface area contributed by atoms with Crippen LogP contribution in [0.5, 0.6) is 5.75 Å². The minimum absolute atomic E-state index is 0.125. The number of methoxy groups -OCH3 is 1. The average molecular weight is 335 g/mol. The van der Waals surface area contributed by atoms with Crippen LogP contribution in [0.2, 0.25) is 0 Å². The van der Waals surface area contributed by atoms with Gasteiger partial charge in [0.15, 0.2) is 0 Å². The van der Waals surface area contributed by atoms with E-state index < -0.39 is 11.7 Å². The number of nitrogens with one attached hydrogen (secondary N) is 1. The maximum atomic E-state index is 12.6. The van der Waals surface area contributed by atoms with Crippen molar-refractivity contribution in [1.82, 2.24) is 10.2 Å². The SMILES string of the molecule is COc1ccc(Nc2nnc(-c3ccc(C(F)(F)F)cc3)o2)cc1. The van der Waals surface area contributed by atoms with Gasteiger partial charge in [-0.25, -0.2) is 0 Å². The van der Waals surface area contributed by atoms with Crippen LogP contribution < -0.4 is 10.1 Å². The fourth-order valence-corrected chi connectivity index (χ4v) is 1.99. The maximum Gasteiger partial charge on any atom is 0.416 e. The second-order valence-corrected chi connectivity index (χ2v) is 4.84. The number of anilines is 2. The lowest BCUT2D eigenvalue weighted by molar-refractivity contribution is -0.137. The highest BCUT2D eigenvalue weighted by Crippen LogP contribution is 2.31. The Morgan fingerprint density at radius 3 is 2.21 bits per heavy atom. The molecule has 0 amide bonds. The van der Waals surface area contributed by atoms with Crippen LogP contribution in [0.15, 0.2) is 52.9 Å². The quantitative estimate of drug-likeness (QED) is 0.760. The molecular formula is C16H12F3N3O2. The van der Waals surface area contributed by atoms with Gasteiger partial charge in [0.05, 0.1) is 12.7 Å². The van der Waals surface area contributed by atoms with Gasteiger partial charge in [-0.15, -0.1) is 5.10 Å². The zero-order valence-corrected chi connectivity index (χ0v) is 12.5. The summed E-state index contributed by atoms with van der Waals surface area (Å²) in [7, 11) is 1.57. The van der Waals surface area contributed by atoms with Crippen LogP contribution in [-0.4, -0.2) is 17.3 Å². The minimum atomic E-state index is -4.38. The molecule has 0 saturated carbocycles. The van der Waals surface area contributed by atoms with Crippen LogP contribution in [0.4, 0.5) is 24.9 Å². The van der Waals surface area contributed by atoms with Crippen LogP contribution in [0, 0.1) is 0 Å². The molecule has 0 atom stereocenters. The summed E-state index contributed by atoms with van der Waals surface area (Å²) < 4.78 is 48.1. The lowest BCUT2D eigenvalue weighted by Crippen LogP contribution is -2.03. The Morgan fingerprint density at radius 2 is 1.62 bits per heavy atom. The maximum absolute atomic E-state index is 12.6. The summed E-state index contributed by atoms with van der Waals surface area (Å²) in [5.74, 6) is 0.830. The molecule has 0 fully saturated rings. The van der Waals surface area contributed by atoms with Crippen molar-refractivity contribution < 1.29 is 22.3 Å². The molecule has 0 saturated heterocycles. The van der Waals surface area contributed by atoms with Crippen LogP contribution in [0.25, 0.3) is 11.5 Å². The standard InChI is InChI=1S/C16H12F3N3O2/c1-23-13-8-6-12(7-9-13)20-15-22-21-14(24-15)10-2-4-11(5-3-10)16(17,18)19/h2-9H,1H3,(H,20,22). The van der Waals surface area contributed by atoms with Gasteiger partial charge in [0.25, 0.3) is 0 Å². The van der Waals surface area contributed by atoms with Crippen molar-refractivity contribution in [3.8, 4) is 17.2 Å². The molecule has 2 aromatic carbocycles. The molecule has 5 nitrogen and oxygen atoms in total. The molecule has 24 heavy (non-hydrogen) atoms. The summed E-state index contributed by atoms with van der Waals surface area (Å²) in [6.07, 6.45) is -4.38. The van der Waals surface area contributed by atoms with Gasteiger partial charge in [0.1, 0.15) is 5.75 Å². The zero-order valence-electron chi connectivity index (χ0n) is 12.5. The molecule has 0 aliphatic rings. The van der Waals surface area contributed by atoms with Gasteiger partial charge in [-0.3, -0.25) is 0 Å². The van der Waals surface area contributed by atoms with Gasteiger partial charge in [0.2, 0.25) is 5.89 Å². The summed E-state index contributed by atoms with van der Waals surface area (Å²) >= 11 is 0. The Balaban J connectivity index is 1.75. The van der Waals surface area contributed by atoms with Crippen LogP contribution >= 0.6 is 0 Å². The van der Waals surface area contributed by atoms with E-state index in [1.807, 2.05) is 0 Å². The first-order valence-corrected chi connectivity index (χ1v) is 6.88. The first-order chi connectivity index (χ1) is 11.5. The normalized spacial score (nSPS) is 11.3. The molecule has 0 bridgehead atoms. The van der Waals surface area contributed by atoms with E-state index in [1.54, 1.807) is 31.4 Å². The van der Waals surface area contributed by atoms with Crippen molar-refractivity contribution >= 4 is 11.7 Å². The van der Waals surface area contributed by atoms with Crippen LogP contribution in [0.1, 0.15) is 5.56 Å². The molecule has 1 N–H and O–H groups in total. The molecule has 0 aliphatic carbocycles. The average Bonchev–Trinajstić information content (AvgIpc) is 3.03. The van der Waals surface area contributed by atoms with Crippen molar-refractivity contribution in [3.05, 3.63) is 54.1 Å². The van der Waals surface area contributed by atoms with Crippen molar-refractivity contribution in [2.45, 2.75) is 6.18 Å². The molecule has 0 unspecified atom stereocenters. The second kappa shape index (κ2) is 6.23. The Morgan fingerprint density at radius 1 is 0.958 bits per heavy atom. The molecule has 0 aliphatic heterocycles. The minimum Gasteiger partial charge on any atom is -0.497 e. The van der Waals surface area contributed by atoms with Gasteiger partial charge < -0.3 is 14.5 Å². The zero-order chi connectivity index (χ0) is 17.2. The fourth-order valence-electron chi connectivity index (χ4n) is 1.99. The van der Waals surface area contributed by atoms with Gasteiger partial charge in [-0.05, 0) is 48.5 Å². The molecule has 1 heterocycles. The molecule has 1 aromatic heterocycles. The molecule has 0 radical (unpaired) electrons. The van der Waals surface area contributed by atoms with Crippen LogP contribution in [0.3, 0.4) is 0 Å². The van der Waals surface area contributed by atoms with Crippen LogP contribution in [-0.2, 0) is 6.18 Å². The lowest BCUT2D eigenvalue weighted by atomic mass is 10.1. The highest BCUT2D eigenvalue weighted by atomic mass is 19.4.